The Morgan fingerprint density at radius 2 is 2.19 bits per heavy atom. The summed E-state index contributed by atoms with van der Waals surface area (Å²) in [6.07, 6.45) is 4.53. The molecule has 16 heavy (non-hydrogen) atoms. The third-order valence-corrected chi connectivity index (χ3v) is 4.27. The Kier molecular flexibility index (Phi) is 3.70. The van der Waals surface area contributed by atoms with Crippen LogP contribution in [0.25, 0.3) is 0 Å². The average molecular weight is 286 g/mol. The van der Waals surface area contributed by atoms with Gasteiger partial charge in [-0.1, -0.05) is 6.92 Å². The van der Waals surface area contributed by atoms with Gasteiger partial charge in [-0.2, -0.15) is 5.10 Å². The van der Waals surface area contributed by atoms with E-state index in [-0.39, 0.29) is 0 Å². The third-order valence-electron chi connectivity index (χ3n) is 3.35. The molecular formula is C12H20BrN3. The number of hydrogen-bond donors (Lipinski definition) is 1. The summed E-state index contributed by atoms with van der Waals surface area (Å²) in [7, 11) is 0. The second kappa shape index (κ2) is 4.88. The van der Waals surface area contributed by atoms with E-state index in [2.05, 4.69) is 39.6 Å². The number of aromatic nitrogens is 2. The number of hydrogen-bond acceptors (Lipinski definition) is 2. The molecule has 90 valence electrons. The predicted octanol–water partition coefficient (Wildman–Crippen LogP) is 2.51. The van der Waals surface area contributed by atoms with Crippen LogP contribution in [-0.4, -0.2) is 15.8 Å². The van der Waals surface area contributed by atoms with Crippen LogP contribution in [-0.2, 0) is 19.4 Å². The lowest BCUT2D eigenvalue weighted by Gasteiger charge is -2.11. The second-order valence-corrected chi connectivity index (χ2v) is 5.38. The van der Waals surface area contributed by atoms with Crippen LogP contribution in [0.1, 0.15) is 38.1 Å². The van der Waals surface area contributed by atoms with Gasteiger partial charge in [0, 0.05) is 19.0 Å². The quantitative estimate of drug-likeness (QED) is 0.903. The summed E-state index contributed by atoms with van der Waals surface area (Å²) < 4.78 is 3.26. The monoisotopic (exact) mass is 285 g/mol. The summed E-state index contributed by atoms with van der Waals surface area (Å²) in [6.45, 7) is 5.19. The standard InChI is InChI=1S/C12H20BrN3/c1-3-10-12(13)11(16(4-2)15-10)7-9(14)8-5-6-8/h8-9H,3-7,14H2,1-2H3. The van der Waals surface area contributed by atoms with Gasteiger partial charge in [-0.3, -0.25) is 4.68 Å². The second-order valence-electron chi connectivity index (χ2n) is 4.58. The number of nitrogens with zero attached hydrogens (tertiary/aromatic N) is 2. The zero-order valence-corrected chi connectivity index (χ0v) is 11.6. The summed E-state index contributed by atoms with van der Waals surface area (Å²) in [5.74, 6) is 0.747. The fourth-order valence-corrected chi connectivity index (χ4v) is 2.85. The SMILES string of the molecule is CCc1nn(CC)c(CC(N)C2CC2)c1Br. The minimum atomic E-state index is 0.308. The maximum Gasteiger partial charge on any atom is 0.0766 e. The summed E-state index contributed by atoms with van der Waals surface area (Å²) in [5.41, 5.74) is 8.62. The van der Waals surface area contributed by atoms with E-state index in [9.17, 15) is 0 Å². The van der Waals surface area contributed by atoms with E-state index in [1.165, 1.54) is 23.0 Å². The molecule has 0 spiro atoms. The van der Waals surface area contributed by atoms with Gasteiger partial charge in [0.1, 0.15) is 0 Å². The van der Waals surface area contributed by atoms with Gasteiger partial charge in [-0.15, -0.1) is 0 Å². The van der Waals surface area contributed by atoms with E-state index in [4.69, 9.17) is 5.73 Å². The maximum atomic E-state index is 6.19. The molecule has 1 fully saturated rings. The van der Waals surface area contributed by atoms with E-state index in [1.807, 2.05) is 0 Å². The highest BCUT2D eigenvalue weighted by molar-refractivity contribution is 9.10. The first kappa shape index (κ1) is 12.1. The van der Waals surface area contributed by atoms with E-state index < -0.39 is 0 Å². The molecule has 1 aromatic heterocycles. The van der Waals surface area contributed by atoms with Crippen molar-refractivity contribution in [3.8, 4) is 0 Å². The maximum absolute atomic E-state index is 6.19. The van der Waals surface area contributed by atoms with Crippen molar-refractivity contribution in [2.24, 2.45) is 11.7 Å². The molecule has 4 heteroatoms. The molecule has 2 N–H and O–H groups in total. The lowest BCUT2D eigenvalue weighted by Crippen LogP contribution is -2.26. The van der Waals surface area contributed by atoms with Gasteiger partial charge >= 0.3 is 0 Å². The van der Waals surface area contributed by atoms with E-state index >= 15 is 0 Å². The Hall–Kier alpha value is -0.350. The largest absolute Gasteiger partial charge is 0.327 e. The van der Waals surface area contributed by atoms with Gasteiger partial charge in [-0.25, -0.2) is 0 Å². The van der Waals surface area contributed by atoms with Crippen LogP contribution in [0.5, 0.6) is 0 Å². The van der Waals surface area contributed by atoms with Crippen molar-refractivity contribution in [2.45, 2.75) is 52.1 Å². The molecule has 0 amide bonds. The minimum absolute atomic E-state index is 0.308. The Labute approximate surface area is 106 Å². The number of rotatable bonds is 5. The molecule has 0 bridgehead atoms. The van der Waals surface area contributed by atoms with Crippen LogP contribution in [0.3, 0.4) is 0 Å². The molecule has 1 saturated carbocycles. The average Bonchev–Trinajstić information content (AvgIpc) is 3.07. The smallest absolute Gasteiger partial charge is 0.0766 e. The Morgan fingerprint density at radius 3 is 2.69 bits per heavy atom. The Bertz CT molecular complexity index is 369. The summed E-state index contributed by atoms with van der Waals surface area (Å²) in [6, 6.07) is 0.308. The molecule has 1 aliphatic rings. The van der Waals surface area contributed by atoms with Gasteiger partial charge in [0.25, 0.3) is 0 Å². The zero-order chi connectivity index (χ0) is 11.7. The highest BCUT2D eigenvalue weighted by Crippen LogP contribution is 2.34. The molecule has 3 nitrogen and oxygen atoms in total. The fraction of sp³-hybridized carbons (Fsp3) is 0.750. The van der Waals surface area contributed by atoms with E-state index in [0.717, 1.165) is 31.0 Å². The first-order chi connectivity index (χ1) is 7.67. The van der Waals surface area contributed by atoms with Crippen molar-refractivity contribution < 1.29 is 0 Å². The van der Waals surface area contributed by atoms with E-state index in [0.29, 0.717) is 6.04 Å². The molecule has 0 aromatic carbocycles. The predicted molar refractivity (Wildman–Crippen MR) is 69.4 cm³/mol. The van der Waals surface area contributed by atoms with Crippen molar-refractivity contribution >= 4 is 15.9 Å². The van der Waals surface area contributed by atoms with Crippen LogP contribution in [0.2, 0.25) is 0 Å². The van der Waals surface area contributed by atoms with Crippen molar-refractivity contribution in [1.29, 1.82) is 0 Å². The minimum Gasteiger partial charge on any atom is -0.327 e. The number of nitrogens with two attached hydrogens (primary N) is 1. The molecule has 0 saturated heterocycles. The van der Waals surface area contributed by atoms with Crippen molar-refractivity contribution in [2.75, 3.05) is 0 Å². The Balaban J connectivity index is 2.19. The number of halogens is 1. The number of aryl methyl sites for hydroxylation is 2. The van der Waals surface area contributed by atoms with Crippen molar-refractivity contribution in [3.05, 3.63) is 15.9 Å². The molecule has 1 unspecified atom stereocenters. The lowest BCUT2D eigenvalue weighted by atomic mass is 10.1. The Morgan fingerprint density at radius 1 is 1.50 bits per heavy atom. The molecule has 2 rings (SSSR count). The lowest BCUT2D eigenvalue weighted by molar-refractivity contribution is 0.540. The molecule has 1 heterocycles. The molecule has 0 aliphatic heterocycles. The molecule has 1 atom stereocenters. The summed E-state index contributed by atoms with van der Waals surface area (Å²) >= 11 is 3.66. The molecule has 1 aliphatic carbocycles. The van der Waals surface area contributed by atoms with Gasteiger partial charge in [0.05, 0.1) is 15.9 Å². The van der Waals surface area contributed by atoms with Gasteiger partial charge in [0.2, 0.25) is 0 Å². The van der Waals surface area contributed by atoms with Gasteiger partial charge < -0.3 is 5.73 Å². The van der Waals surface area contributed by atoms with E-state index in [1.54, 1.807) is 0 Å². The van der Waals surface area contributed by atoms with Crippen molar-refractivity contribution in [3.63, 3.8) is 0 Å². The van der Waals surface area contributed by atoms with Crippen LogP contribution in [0, 0.1) is 5.92 Å². The highest BCUT2D eigenvalue weighted by atomic mass is 79.9. The third kappa shape index (κ3) is 2.33. The van der Waals surface area contributed by atoms with Crippen LogP contribution < -0.4 is 5.73 Å². The van der Waals surface area contributed by atoms with Crippen molar-refractivity contribution in [1.82, 2.24) is 9.78 Å². The molecule has 1 aromatic rings. The van der Waals surface area contributed by atoms with Gasteiger partial charge in [-0.05, 0) is 48.0 Å². The van der Waals surface area contributed by atoms with Crippen LogP contribution in [0.15, 0.2) is 4.47 Å². The summed E-state index contributed by atoms with van der Waals surface area (Å²) in [5, 5.41) is 4.59. The first-order valence-electron chi connectivity index (χ1n) is 6.17. The summed E-state index contributed by atoms with van der Waals surface area (Å²) in [4.78, 5) is 0. The zero-order valence-electron chi connectivity index (χ0n) is 10.0. The normalized spacial score (nSPS) is 17.8. The van der Waals surface area contributed by atoms with Gasteiger partial charge in [0.15, 0.2) is 0 Å². The highest BCUT2D eigenvalue weighted by Gasteiger charge is 2.30. The molecular weight excluding hydrogens is 266 g/mol. The van der Waals surface area contributed by atoms with Crippen LogP contribution in [0.4, 0.5) is 0 Å². The molecule has 0 radical (unpaired) electrons. The topological polar surface area (TPSA) is 43.8 Å². The van der Waals surface area contributed by atoms with Crippen LogP contribution >= 0.6 is 15.9 Å². The first-order valence-corrected chi connectivity index (χ1v) is 6.96. The fourth-order valence-electron chi connectivity index (χ4n) is 2.13.